The minimum absolute atomic E-state index is 0.723. The van der Waals surface area contributed by atoms with Crippen molar-refractivity contribution in [1.82, 2.24) is 0 Å². The van der Waals surface area contributed by atoms with Crippen LogP contribution in [0, 0.1) is 6.92 Å². The van der Waals surface area contributed by atoms with E-state index in [4.69, 9.17) is 14.2 Å². The smallest absolute Gasteiger partial charge is 0.203 e. The molecule has 0 atom stereocenters. The third-order valence-electron chi connectivity index (χ3n) is 8.12. The first-order chi connectivity index (χ1) is 20.3. The first-order valence-electron chi connectivity index (χ1n) is 18.1. The molecule has 0 saturated carbocycles. The zero-order valence-corrected chi connectivity index (χ0v) is 27.9. The van der Waals surface area contributed by atoms with Gasteiger partial charge in [-0.25, -0.2) is 0 Å². The fourth-order valence-corrected chi connectivity index (χ4v) is 5.38. The Morgan fingerprint density at radius 1 is 0.415 bits per heavy atom. The number of unbranched alkanes of at least 4 members (excludes halogenated alkanes) is 21. The number of benzene rings is 1. The van der Waals surface area contributed by atoms with Gasteiger partial charge in [0.1, 0.15) is 0 Å². The first kappa shape index (κ1) is 37.6. The summed E-state index contributed by atoms with van der Waals surface area (Å²) in [6, 6.07) is 4.26. The first-order valence-corrected chi connectivity index (χ1v) is 18.1. The van der Waals surface area contributed by atoms with E-state index >= 15 is 0 Å². The van der Waals surface area contributed by atoms with Crippen LogP contribution < -0.4 is 14.2 Å². The van der Waals surface area contributed by atoms with Gasteiger partial charge >= 0.3 is 0 Å². The molecule has 0 aromatic heterocycles. The lowest BCUT2D eigenvalue weighted by Crippen LogP contribution is -2.07. The molecule has 1 aromatic rings. The maximum Gasteiger partial charge on any atom is 0.203 e. The SMILES string of the molecule is [CH2]Cc1cc(OCCCCCCCCCC)c(OCCCCCCCCCC)c(OCCCCCCCCCC)c1. The summed E-state index contributed by atoms with van der Waals surface area (Å²) in [6.45, 7) is 13.2. The minimum atomic E-state index is 0.723. The van der Waals surface area contributed by atoms with Crippen LogP contribution in [0.15, 0.2) is 12.1 Å². The van der Waals surface area contributed by atoms with Crippen LogP contribution in [0.4, 0.5) is 0 Å². The highest BCUT2D eigenvalue weighted by Gasteiger charge is 2.15. The van der Waals surface area contributed by atoms with Crippen molar-refractivity contribution >= 4 is 0 Å². The van der Waals surface area contributed by atoms with Gasteiger partial charge < -0.3 is 14.2 Å². The van der Waals surface area contributed by atoms with E-state index in [1.165, 1.54) is 135 Å². The van der Waals surface area contributed by atoms with Crippen LogP contribution >= 0.6 is 0 Å². The summed E-state index contributed by atoms with van der Waals surface area (Å²) in [5.74, 6) is 2.50. The third-order valence-corrected chi connectivity index (χ3v) is 8.12. The molecule has 0 aliphatic heterocycles. The summed E-state index contributed by atoms with van der Waals surface area (Å²) in [7, 11) is 0. The molecule has 0 saturated heterocycles. The number of hydrogen-bond donors (Lipinski definition) is 0. The molecule has 1 aromatic carbocycles. The monoisotopic (exact) mass is 574 g/mol. The fraction of sp³-hybridized carbons (Fsp3) is 0.816. The largest absolute Gasteiger partial charge is 0.490 e. The van der Waals surface area contributed by atoms with E-state index < -0.39 is 0 Å². The van der Waals surface area contributed by atoms with Crippen LogP contribution in [0.3, 0.4) is 0 Å². The highest BCUT2D eigenvalue weighted by atomic mass is 16.5. The molecule has 0 N–H and O–H groups in total. The van der Waals surface area contributed by atoms with Gasteiger partial charge in [0, 0.05) is 0 Å². The van der Waals surface area contributed by atoms with Crippen LogP contribution in [0.5, 0.6) is 17.2 Å². The minimum Gasteiger partial charge on any atom is -0.490 e. The molecule has 1 rings (SSSR count). The van der Waals surface area contributed by atoms with E-state index in [0.29, 0.717) is 0 Å². The topological polar surface area (TPSA) is 27.7 Å². The summed E-state index contributed by atoms with van der Waals surface area (Å²) in [5.41, 5.74) is 1.15. The van der Waals surface area contributed by atoms with Crippen LogP contribution in [-0.2, 0) is 6.42 Å². The van der Waals surface area contributed by atoms with Crippen molar-refractivity contribution < 1.29 is 14.2 Å². The molecule has 41 heavy (non-hydrogen) atoms. The summed E-state index contributed by atoms with van der Waals surface area (Å²) >= 11 is 0. The molecular weight excluding hydrogens is 504 g/mol. The molecule has 0 amide bonds. The van der Waals surface area contributed by atoms with Crippen molar-refractivity contribution in [3.63, 3.8) is 0 Å². The Kier molecular flexibility index (Phi) is 26.4. The average molecular weight is 574 g/mol. The lowest BCUT2D eigenvalue weighted by molar-refractivity contribution is 0.234. The Balaban J connectivity index is 2.60. The number of hydrogen-bond acceptors (Lipinski definition) is 3. The van der Waals surface area contributed by atoms with Gasteiger partial charge in [-0.15, -0.1) is 0 Å². The zero-order valence-electron chi connectivity index (χ0n) is 27.9. The lowest BCUT2D eigenvalue weighted by atomic mass is 10.1. The van der Waals surface area contributed by atoms with E-state index in [-0.39, 0.29) is 0 Å². The standard InChI is InChI=1S/C38H69O3/c1-5-9-12-15-18-21-24-27-30-39-36-33-35(8-4)34-37(40-31-28-25-22-19-16-13-10-6-2)38(36)41-32-29-26-23-20-17-14-11-7-3/h33-34H,4-32H2,1-3H3. The van der Waals surface area contributed by atoms with Gasteiger partial charge in [0.25, 0.3) is 0 Å². The molecule has 0 bridgehead atoms. The summed E-state index contributed by atoms with van der Waals surface area (Å²) < 4.78 is 19.1. The molecule has 3 nitrogen and oxygen atoms in total. The molecule has 0 aliphatic rings. The van der Waals surface area contributed by atoms with E-state index in [1.54, 1.807) is 0 Å². The average Bonchev–Trinajstić information content (AvgIpc) is 2.99. The highest BCUT2D eigenvalue weighted by Crippen LogP contribution is 2.39. The van der Waals surface area contributed by atoms with Crippen LogP contribution in [0.1, 0.15) is 180 Å². The van der Waals surface area contributed by atoms with Crippen molar-refractivity contribution in [3.05, 3.63) is 24.6 Å². The molecule has 239 valence electrons. The zero-order chi connectivity index (χ0) is 29.6. The maximum atomic E-state index is 6.41. The van der Waals surface area contributed by atoms with Gasteiger partial charge in [0.2, 0.25) is 5.75 Å². The van der Waals surface area contributed by atoms with Gasteiger partial charge in [0.05, 0.1) is 19.8 Å². The number of ether oxygens (including phenoxy) is 3. The van der Waals surface area contributed by atoms with Crippen LogP contribution in [-0.4, -0.2) is 19.8 Å². The van der Waals surface area contributed by atoms with Crippen LogP contribution in [0.2, 0.25) is 0 Å². The summed E-state index contributed by atoms with van der Waals surface area (Å²) in [4.78, 5) is 0. The molecule has 0 spiro atoms. The van der Waals surface area contributed by atoms with Gasteiger partial charge in [-0.2, -0.15) is 0 Å². The van der Waals surface area contributed by atoms with E-state index in [2.05, 4.69) is 39.8 Å². The predicted molar refractivity (Wildman–Crippen MR) is 180 cm³/mol. The summed E-state index contributed by atoms with van der Waals surface area (Å²) in [5, 5.41) is 0. The van der Waals surface area contributed by atoms with Gasteiger partial charge in [-0.05, 0) is 50.3 Å². The third kappa shape index (κ3) is 21.0. The normalized spacial score (nSPS) is 11.2. The molecule has 0 fully saturated rings. The van der Waals surface area contributed by atoms with Gasteiger partial charge in [0.15, 0.2) is 11.5 Å². The quantitative estimate of drug-likeness (QED) is 0.0827. The lowest BCUT2D eigenvalue weighted by Gasteiger charge is -2.19. The Morgan fingerprint density at radius 2 is 0.707 bits per heavy atom. The van der Waals surface area contributed by atoms with Gasteiger partial charge in [-0.3, -0.25) is 0 Å². The molecule has 0 unspecified atom stereocenters. The Bertz CT molecular complexity index is 643. The Hall–Kier alpha value is -1.38. The summed E-state index contributed by atoms with van der Waals surface area (Å²) in [6.07, 6.45) is 32.0. The second-order valence-corrected chi connectivity index (χ2v) is 12.1. The van der Waals surface area contributed by atoms with Crippen molar-refractivity contribution in [2.24, 2.45) is 0 Å². The second kappa shape index (κ2) is 28.7. The number of rotatable bonds is 31. The highest BCUT2D eigenvalue weighted by molar-refractivity contribution is 5.54. The predicted octanol–water partition coefficient (Wildman–Crippen LogP) is 12.6. The van der Waals surface area contributed by atoms with E-state index in [1.807, 2.05) is 0 Å². The van der Waals surface area contributed by atoms with Gasteiger partial charge in [-0.1, -0.05) is 156 Å². The molecule has 0 heterocycles. The fourth-order valence-electron chi connectivity index (χ4n) is 5.38. The maximum absolute atomic E-state index is 6.41. The van der Waals surface area contributed by atoms with Crippen molar-refractivity contribution in [1.29, 1.82) is 0 Å². The van der Waals surface area contributed by atoms with Crippen molar-refractivity contribution in [3.8, 4) is 17.2 Å². The molecule has 3 heteroatoms. The van der Waals surface area contributed by atoms with E-state index in [9.17, 15) is 0 Å². The Labute approximate surface area is 256 Å². The molecule has 0 aliphatic carbocycles. The Morgan fingerprint density at radius 3 is 1.02 bits per heavy atom. The van der Waals surface area contributed by atoms with Crippen LogP contribution in [0.25, 0.3) is 0 Å². The van der Waals surface area contributed by atoms with Crippen molar-refractivity contribution in [2.75, 3.05) is 19.8 Å². The van der Waals surface area contributed by atoms with E-state index in [0.717, 1.165) is 68.3 Å². The molecule has 1 radical (unpaired) electrons. The molecular formula is C38H69O3. The second-order valence-electron chi connectivity index (χ2n) is 12.1. The van der Waals surface area contributed by atoms with Crippen molar-refractivity contribution in [2.45, 2.75) is 181 Å².